The first kappa shape index (κ1) is 15.2. The number of ketones is 1. The van der Waals surface area contributed by atoms with Gasteiger partial charge >= 0.3 is 0 Å². The zero-order chi connectivity index (χ0) is 15.0. The van der Waals surface area contributed by atoms with Crippen molar-refractivity contribution in [3.8, 4) is 0 Å². The first-order chi connectivity index (χ1) is 10.1. The molecule has 21 heavy (non-hydrogen) atoms. The smallest absolute Gasteiger partial charge is 0.185 e. The van der Waals surface area contributed by atoms with Crippen LogP contribution in [0.15, 0.2) is 10.7 Å². The summed E-state index contributed by atoms with van der Waals surface area (Å²) in [6.07, 6.45) is 6.14. The van der Waals surface area contributed by atoms with Crippen molar-refractivity contribution in [1.82, 2.24) is 14.7 Å². The molecule has 1 aromatic heterocycles. The minimum Gasteiger partial charge on any atom is -0.383 e. The van der Waals surface area contributed by atoms with Crippen LogP contribution in [-0.2, 0) is 11.3 Å². The predicted octanol–water partition coefficient (Wildman–Crippen LogP) is 2.35. The van der Waals surface area contributed by atoms with Gasteiger partial charge in [0.25, 0.3) is 0 Å². The third kappa shape index (κ3) is 2.81. The van der Waals surface area contributed by atoms with E-state index in [0.29, 0.717) is 30.9 Å². The van der Waals surface area contributed by atoms with Crippen LogP contribution in [-0.4, -0.2) is 53.3 Å². The molecule has 3 rings (SSSR count). The lowest BCUT2D eigenvalue weighted by Gasteiger charge is -2.35. The molecule has 0 spiro atoms. The van der Waals surface area contributed by atoms with Gasteiger partial charge in [-0.2, -0.15) is 5.10 Å². The zero-order valence-electron chi connectivity index (χ0n) is 12.6. The van der Waals surface area contributed by atoms with E-state index in [-0.39, 0.29) is 11.7 Å². The number of hydrogen-bond donors (Lipinski definition) is 0. The predicted molar refractivity (Wildman–Crippen MR) is 83.4 cm³/mol. The van der Waals surface area contributed by atoms with Gasteiger partial charge in [0.05, 0.1) is 23.8 Å². The number of carbonyl (C=O) groups excluding carboxylic acids is 1. The summed E-state index contributed by atoms with van der Waals surface area (Å²) < 4.78 is 7.67. The van der Waals surface area contributed by atoms with Crippen LogP contribution in [0.4, 0.5) is 0 Å². The van der Waals surface area contributed by atoms with E-state index in [0.717, 1.165) is 17.3 Å². The van der Waals surface area contributed by atoms with Crippen molar-refractivity contribution in [1.29, 1.82) is 0 Å². The Morgan fingerprint density at radius 3 is 2.71 bits per heavy atom. The van der Waals surface area contributed by atoms with Gasteiger partial charge in [-0.3, -0.25) is 9.48 Å². The van der Waals surface area contributed by atoms with Crippen molar-refractivity contribution < 1.29 is 9.53 Å². The summed E-state index contributed by atoms with van der Waals surface area (Å²) in [7, 11) is 3.86. The Bertz CT molecular complexity index is 517. The maximum Gasteiger partial charge on any atom is 0.185 e. The third-order valence-electron chi connectivity index (χ3n) is 5.00. The Morgan fingerprint density at radius 2 is 2.10 bits per heavy atom. The Balaban J connectivity index is 1.78. The number of ether oxygens (including phenoxy) is 1. The fourth-order valence-electron chi connectivity index (χ4n) is 3.77. The Hall–Kier alpha value is -0.720. The number of fused-ring (bicyclic) bond motifs is 2. The molecular formula is C15H22BrN3O2. The number of piperidine rings is 1. The molecule has 2 saturated heterocycles. The average molecular weight is 356 g/mol. The highest BCUT2D eigenvalue weighted by atomic mass is 79.9. The van der Waals surface area contributed by atoms with Crippen molar-refractivity contribution in [2.45, 2.75) is 44.3 Å². The molecule has 0 N–H and O–H groups in total. The van der Waals surface area contributed by atoms with Crippen LogP contribution in [0, 0.1) is 5.92 Å². The first-order valence-corrected chi connectivity index (χ1v) is 8.37. The second-order valence-electron chi connectivity index (χ2n) is 6.14. The van der Waals surface area contributed by atoms with Crippen molar-refractivity contribution in [2.75, 3.05) is 20.8 Å². The van der Waals surface area contributed by atoms with Crippen molar-refractivity contribution in [3.63, 3.8) is 0 Å². The second-order valence-corrected chi connectivity index (χ2v) is 6.99. The van der Waals surface area contributed by atoms with Crippen molar-refractivity contribution in [2.24, 2.45) is 5.92 Å². The van der Waals surface area contributed by atoms with E-state index in [1.807, 2.05) is 0 Å². The normalized spacial score (nSPS) is 29.0. The van der Waals surface area contributed by atoms with E-state index in [2.05, 4.69) is 33.0 Å². The molecule has 0 radical (unpaired) electrons. The number of carbonyl (C=O) groups is 1. The van der Waals surface area contributed by atoms with E-state index < -0.39 is 0 Å². The lowest BCUT2D eigenvalue weighted by atomic mass is 9.86. The molecule has 5 nitrogen and oxygen atoms in total. The highest BCUT2D eigenvalue weighted by Gasteiger charge is 2.41. The molecule has 2 fully saturated rings. The highest BCUT2D eigenvalue weighted by Crippen LogP contribution is 2.39. The van der Waals surface area contributed by atoms with Crippen LogP contribution in [0.1, 0.15) is 36.2 Å². The van der Waals surface area contributed by atoms with Gasteiger partial charge < -0.3 is 9.64 Å². The van der Waals surface area contributed by atoms with Crippen LogP contribution < -0.4 is 0 Å². The molecule has 2 atom stereocenters. The van der Waals surface area contributed by atoms with Gasteiger partial charge in [-0.05, 0) is 48.7 Å². The van der Waals surface area contributed by atoms with Gasteiger partial charge in [-0.25, -0.2) is 0 Å². The summed E-state index contributed by atoms with van der Waals surface area (Å²) in [4.78, 5) is 15.4. The molecule has 116 valence electrons. The monoisotopic (exact) mass is 355 g/mol. The topological polar surface area (TPSA) is 47.4 Å². The van der Waals surface area contributed by atoms with E-state index in [9.17, 15) is 4.79 Å². The second kappa shape index (κ2) is 6.18. The molecule has 0 saturated carbocycles. The molecule has 2 aliphatic heterocycles. The molecule has 1 aromatic rings. The van der Waals surface area contributed by atoms with Gasteiger partial charge in [0.1, 0.15) is 5.69 Å². The van der Waals surface area contributed by atoms with E-state index >= 15 is 0 Å². The number of rotatable bonds is 5. The van der Waals surface area contributed by atoms with Crippen LogP contribution in [0.2, 0.25) is 0 Å². The number of halogens is 1. The minimum absolute atomic E-state index is 0.132. The van der Waals surface area contributed by atoms with Crippen LogP contribution in [0.5, 0.6) is 0 Å². The summed E-state index contributed by atoms with van der Waals surface area (Å²) >= 11 is 3.48. The quantitative estimate of drug-likeness (QED) is 0.760. The summed E-state index contributed by atoms with van der Waals surface area (Å²) in [5.41, 5.74) is 0.709. The molecule has 6 heteroatoms. The first-order valence-electron chi connectivity index (χ1n) is 7.58. The fourth-order valence-corrected chi connectivity index (χ4v) is 4.27. The van der Waals surface area contributed by atoms with Gasteiger partial charge in [-0.1, -0.05) is 0 Å². The number of nitrogens with zero attached hydrogens (tertiary/aromatic N) is 3. The molecule has 2 unspecified atom stereocenters. The fraction of sp³-hybridized carbons (Fsp3) is 0.733. The van der Waals surface area contributed by atoms with Gasteiger partial charge in [0.15, 0.2) is 5.78 Å². The van der Waals surface area contributed by atoms with Crippen LogP contribution in [0.3, 0.4) is 0 Å². The van der Waals surface area contributed by atoms with Gasteiger partial charge in [0.2, 0.25) is 0 Å². The molecule has 0 amide bonds. The van der Waals surface area contributed by atoms with Gasteiger partial charge in [-0.15, -0.1) is 0 Å². The lowest BCUT2D eigenvalue weighted by molar-refractivity contribution is 0.0753. The number of Topliss-reactive ketones (excluding diaryl/α,β-unsaturated/α-hetero) is 1. The van der Waals surface area contributed by atoms with E-state index in [1.54, 1.807) is 18.0 Å². The molecule has 2 aliphatic rings. The molecular weight excluding hydrogens is 334 g/mol. The summed E-state index contributed by atoms with van der Waals surface area (Å²) in [5, 5.41) is 4.30. The third-order valence-corrected chi connectivity index (χ3v) is 5.58. The van der Waals surface area contributed by atoms with Crippen molar-refractivity contribution in [3.05, 3.63) is 16.4 Å². The molecule has 3 heterocycles. The maximum atomic E-state index is 12.9. The van der Waals surface area contributed by atoms with E-state index in [1.165, 1.54) is 12.8 Å². The SMILES string of the molecule is COCCn1ncc(Br)c1C(=O)C1CC2CCC(C1)N2C. The van der Waals surface area contributed by atoms with Crippen LogP contribution in [0.25, 0.3) is 0 Å². The number of methoxy groups -OCH3 is 1. The molecule has 0 aliphatic carbocycles. The van der Waals surface area contributed by atoms with E-state index in [4.69, 9.17) is 4.74 Å². The Labute approximate surface area is 133 Å². The standard InChI is InChI=1S/C15H22BrN3O2/c1-18-11-3-4-12(18)8-10(7-11)15(20)14-13(16)9-17-19(14)5-6-21-2/h9-12H,3-8H2,1-2H3. The number of hydrogen-bond acceptors (Lipinski definition) is 4. The highest BCUT2D eigenvalue weighted by molar-refractivity contribution is 9.10. The van der Waals surface area contributed by atoms with Crippen molar-refractivity contribution >= 4 is 21.7 Å². The summed E-state index contributed by atoms with van der Waals surface area (Å²) in [6.45, 7) is 1.18. The lowest BCUT2D eigenvalue weighted by Crippen LogP contribution is -2.42. The minimum atomic E-state index is 0.132. The summed E-state index contributed by atoms with van der Waals surface area (Å²) in [5.74, 6) is 0.369. The summed E-state index contributed by atoms with van der Waals surface area (Å²) in [6, 6.07) is 1.15. The zero-order valence-corrected chi connectivity index (χ0v) is 14.2. The number of aromatic nitrogens is 2. The molecule has 2 bridgehead atoms. The Morgan fingerprint density at radius 1 is 1.43 bits per heavy atom. The van der Waals surface area contributed by atoms with Gasteiger partial charge in [0, 0.05) is 25.1 Å². The molecule has 0 aromatic carbocycles. The maximum absolute atomic E-state index is 12.9. The van der Waals surface area contributed by atoms with Crippen LogP contribution >= 0.6 is 15.9 Å². The Kier molecular flexibility index (Phi) is 4.47. The largest absolute Gasteiger partial charge is 0.383 e. The average Bonchev–Trinajstić information content (AvgIpc) is 2.91.